The number of alkyl halides is 4. The number of hydrogen-bond donors (Lipinski definition) is 0. The molecule has 3 aromatic rings. The standard InChI is InChI=1S/C17H10F4N2O5/c18-15(19)26-11-5-3-9(8-12(11)27-16(20)21)4-6-13(24)23-10-2-1-7-22-14(10)28-17(23)25/h1-8,15-16H/b6-4+. The van der Waals surface area contributed by atoms with Crippen LogP contribution < -0.4 is 15.2 Å². The van der Waals surface area contributed by atoms with E-state index in [-0.39, 0.29) is 16.8 Å². The average molecular weight is 398 g/mol. The molecule has 0 unspecified atom stereocenters. The molecule has 0 fully saturated rings. The fourth-order valence-corrected chi connectivity index (χ4v) is 2.32. The van der Waals surface area contributed by atoms with Gasteiger partial charge < -0.3 is 13.9 Å². The van der Waals surface area contributed by atoms with Crippen molar-refractivity contribution in [3.8, 4) is 11.5 Å². The van der Waals surface area contributed by atoms with Gasteiger partial charge in [-0.1, -0.05) is 6.07 Å². The van der Waals surface area contributed by atoms with E-state index in [0.717, 1.165) is 22.8 Å². The summed E-state index contributed by atoms with van der Waals surface area (Å²) in [5, 5.41) is 0. The monoisotopic (exact) mass is 398 g/mol. The van der Waals surface area contributed by atoms with Crippen LogP contribution in [0.25, 0.3) is 17.3 Å². The molecular weight excluding hydrogens is 388 g/mol. The summed E-state index contributed by atoms with van der Waals surface area (Å²) >= 11 is 0. The first-order valence-electron chi connectivity index (χ1n) is 7.58. The molecule has 0 saturated heterocycles. The van der Waals surface area contributed by atoms with E-state index in [1.165, 1.54) is 30.5 Å². The summed E-state index contributed by atoms with van der Waals surface area (Å²) in [4.78, 5) is 27.9. The normalized spacial score (nSPS) is 11.6. The molecule has 0 bridgehead atoms. The lowest BCUT2D eigenvalue weighted by Crippen LogP contribution is -2.20. The number of nitrogens with zero attached hydrogens (tertiary/aromatic N) is 2. The number of pyridine rings is 1. The van der Waals surface area contributed by atoms with Gasteiger partial charge in [-0.05, 0) is 35.9 Å². The molecule has 3 rings (SSSR count). The molecule has 11 heteroatoms. The highest BCUT2D eigenvalue weighted by atomic mass is 19.3. The van der Waals surface area contributed by atoms with Crippen molar-refractivity contribution in [3.05, 3.63) is 58.7 Å². The van der Waals surface area contributed by atoms with Crippen LogP contribution in [0.2, 0.25) is 0 Å². The lowest BCUT2D eigenvalue weighted by atomic mass is 10.2. The zero-order chi connectivity index (χ0) is 20.3. The summed E-state index contributed by atoms with van der Waals surface area (Å²) < 4.78 is 63.5. The van der Waals surface area contributed by atoms with Gasteiger partial charge in [0, 0.05) is 12.3 Å². The third kappa shape index (κ3) is 4.19. The van der Waals surface area contributed by atoms with Gasteiger partial charge in [0.25, 0.3) is 5.91 Å². The SMILES string of the molecule is O=C(/C=C/c1ccc(OC(F)F)c(OC(F)F)c1)n1c(=O)oc2ncccc21. The van der Waals surface area contributed by atoms with Crippen molar-refractivity contribution < 1.29 is 36.2 Å². The molecular formula is C17H10F4N2O5. The summed E-state index contributed by atoms with van der Waals surface area (Å²) in [5.74, 6) is -2.98. The number of carbonyl (C=O) groups is 1. The van der Waals surface area contributed by atoms with E-state index in [4.69, 9.17) is 4.42 Å². The van der Waals surface area contributed by atoms with Gasteiger partial charge in [0.15, 0.2) is 11.5 Å². The Morgan fingerprint density at radius 3 is 2.54 bits per heavy atom. The van der Waals surface area contributed by atoms with Gasteiger partial charge >= 0.3 is 19.0 Å². The van der Waals surface area contributed by atoms with Gasteiger partial charge in [0.2, 0.25) is 5.71 Å². The topological polar surface area (TPSA) is 83.6 Å². The van der Waals surface area contributed by atoms with Crippen LogP contribution >= 0.6 is 0 Å². The third-order valence-electron chi connectivity index (χ3n) is 3.40. The first-order valence-corrected chi connectivity index (χ1v) is 7.58. The van der Waals surface area contributed by atoms with Crippen molar-refractivity contribution in [1.29, 1.82) is 0 Å². The highest BCUT2D eigenvalue weighted by Crippen LogP contribution is 2.31. The molecule has 0 radical (unpaired) electrons. The number of allylic oxidation sites excluding steroid dienone is 1. The smallest absolute Gasteiger partial charge is 0.428 e. The molecule has 2 aromatic heterocycles. The zero-order valence-electron chi connectivity index (χ0n) is 13.7. The maximum absolute atomic E-state index is 12.5. The van der Waals surface area contributed by atoms with Gasteiger partial charge in [-0.25, -0.2) is 14.3 Å². The predicted octanol–water partition coefficient (Wildman–Crippen LogP) is 3.55. The minimum atomic E-state index is -3.27. The van der Waals surface area contributed by atoms with Crippen LogP contribution in [0, 0.1) is 0 Å². The largest absolute Gasteiger partial charge is 0.431 e. The molecule has 0 amide bonds. The van der Waals surface area contributed by atoms with Crippen molar-refractivity contribution in [3.63, 3.8) is 0 Å². The van der Waals surface area contributed by atoms with Gasteiger partial charge in [0.1, 0.15) is 5.52 Å². The number of carbonyl (C=O) groups excluding carboxylic acids is 1. The molecule has 0 aliphatic carbocycles. The van der Waals surface area contributed by atoms with Crippen LogP contribution in [-0.4, -0.2) is 28.7 Å². The summed E-state index contributed by atoms with van der Waals surface area (Å²) in [6, 6.07) is 6.14. The second-order valence-electron chi connectivity index (χ2n) is 5.17. The number of fused-ring (bicyclic) bond motifs is 1. The zero-order valence-corrected chi connectivity index (χ0v) is 13.7. The first kappa shape index (κ1) is 19.1. The maximum Gasteiger partial charge on any atom is 0.428 e. The fourth-order valence-electron chi connectivity index (χ4n) is 2.32. The molecule has 28 heavy (non-hydrogen) atoms. The van der Waals surface area contributed by atoms with Crippen molar-refractivity contribution in [1.82, 2.24) is 9.55 Å². The summed E-state index contributed by atoms with van der Waals surface area (Å²) in [7, 11) is 0. The molecule has 0 aliphatic rings. The summed E-state index contributed by atoms with van der Waals surface area (Å²) in [5.41, 5.74) is 0.268. The Balaban J connectivity index is 1.89. The molecule has 2 heterocycles. The highest BCUT2D eigenvalue weighted by Gasteiger charge is 2.16. The number of hydrogen-bond acceptors (Lipinski definition) is 6. The van der Waals surface area contributed by atoms with Crippen molar-refractivity contribution in [2.24, 2.45) is 0 Å². The Bertz CT molecular complexity index is 1090. The number of oxazole rings is 1. The average Bonchev–Trinajstić information content (AvgIpc) is 2.96. The van der Waals surface area contributed by atoms with E-state index in [9.17, 15) is 27.2 Å². The number of aromatic nitrogens is 2. The number of rotatable bonds is 6. The number of benzene rings is 1. The van der Waals surface area contributed by atoms with Crippen LogP contribution in [0.4, 0.5) is 17.6 Å². The molecule has 0 saturated carbocycles. The lowest BCUT2D eigenvalue weighted by molar-refractivity contribution is -0.0692. The number of ether oxygens (including phenoxy) is 2. The second kappa shape index (κ2) is 7.94. The summed E-state index contributed by atoms with van der Waals surface area (Å²) in [6.07, 6.45) is 3.52. The molecule has 146 valence electrons. The number of halogens is 4. The first-order chi connectivity index (χ1) is 13.3. The van der Waals surface area contributed by atoms with Crippen molar-refractivity contribution in [2.45, 2.75) is 13.2 Å². The van der Waals surface area contributed by atoms with E-state index in [0.29, 0.717) is 0 Å². The molecule has 0 N–H and O–H groups in total. The second-order valence-corrected chi connectivity index (χ2v) is 5.17. The van der Waals surface area contributed by atoms with Crippen molar-refractivity contribution >= 4 is 23.2 Å². The Morgan fingerprint density at radius 2 is 1.82 bits per heavy atom. The van der Waals surface area contributed by atoms with Crippen LogP contribution in [-0.2, 0) is 0 Å². The predicted molar refractivity (Wildman–Crippen MR) is 87.6 cm³/mol. The molecule has 0 atom stereocenters. The van der Waals surface area contributed by atoms with Crippen LogP contribution in [0.1, 0.15) is 10.4 Å². The highest BCUT2D eigenvalue weighted by molar-refractivity contribution is 5.98. The van der Waals surface area contributed by atoms with Gasteiger partial charge in [-0.3, -0.25) is 4.79 Å². The van der Waals surface area contributed by atoms with Crippen LogP contribution in [0.15, 0.2) is 51.8 Å². The van der Waals surface area contributed by atoms with E-state index in [2.05, 4.69) is 14.5 Å². The molecule has 0 spiro atoms. The summed E-state index contributed by atoms with van der Waals surface area (Å²) in [6.45, 7) is -6.51. The van der Waals surface area contributed by atoms with E-state index >= 15 is 0 Å². The quantitative estimate of drug-likeness (QED) is 0.467. The molecule has 1 aromatic carbocycles. The Hall–Kier alpha value is -3.63. The van der Waals surface area contributed by atoms with Crippen molar-refractivity contribution in [2.75, 3.05) is 0 Å². The van der Waals surface area contributed by atoms with E-state index < -0.39 is 36.4 Å². The maximum atomic E-state index is 12.5. The van der Waals surface area contributed by atoms with E-state index in [1.54, 1.807) is 0 Å². The Morgan fingerprint density at radius 1 is 1.11 bits per heavy atom. The Labute approximate surface area is 153 Å². The third-order valence-corrected chi connectivity index (χ3v) is 3.40. The fraction of sp³-hybridized carbons (Fsp3) is 0.118. The Kier molecular flexibility index (Phi) is 5.43. The van der Waals surface area contributed by atoms with Gasteiger partial charge in [0.05, 0.1) is 0 Å². The minimum Gasteiger partial charge on any atom is -0.431 e. The minimum absolute atomic E-state index is 0.0321. The van der Waals surface area contributed by atoms with Gasteiger partial charge in [-0.2, -0.15) is 17.6 Å². The molecule has 7 nitrogen and oxygen atoms in total. The van der Waals surface area contributed by atoms with E-state index in [1.807, 2.05) is 0 Å². The van der Waals surface area contributed by atoms with Gasteiger partial charge in [-0.15, -0.1) is 0 Å². The van der Waals surface area contributed by atoms with Crippen LogP contribution in [0.3, 0.4) is 0 Å². The lowest BCUT2D eigenvalue weighted by Gasteiger charge is -2.12. The molecule has 0 aliphatic heterocycles. The van der Waals surface area contributed by atoms with Crippen LogP contribution in [0.5, 0.6) is 11.5 Å².